The number of nitrogens with zero attached hydrogens (tertiary/aromatic N) is 1. The number of nitrogens with one attached hydrogen (secondary N) is 1. The average Bonchev–Trinajstić information content (AvgIpc) is 2.90. The van der Waals surface area contributed by atoms with Crippen molar-refractivity contribution in [1.29, 1.82) is 0 Å². The molecule has 15 heavy (non-hydrogen) atoms. The lowest BCUT2D eigenvalue weighted by Gasteiger charge is -2.11. The predicted molar refractivity (Wildman–Crippen MR) is 64.3 cm³/mol. The Labute approximate surface area is 96.6 Å². The fourth-order valence-electron chi connectivity index (χ4n) is 1.32. The van der Waals surface area contributed by atoms with Crippen LogP contribution in [0.15, 0.2) is 5.38 Å². The van der Waals surface area contributed by atoms with Crippen LogP contribution in [0.3, 0.4) is 0 Å². The molecule has 1 aromatic rings. The lowest BCUT2D eigenvalue weighted by atomic mass is 10.4. The molecule has 82 valence electrons. The van der Waals surface area contributed by atoms with Crippen molar-refractivity contribution >= 4 is 34.1 Å². The van der Waals surface area contributed by atoms with Gasteiger partial charge >= 0.3 is 0 Å². The van der Waals surface area contributed by atoms with Crippen LogP contribution in [0.4, 0.5) is 5.13 Å². The largest absolute Gasteiger partial charge is 0.375 e. The van der Waals surface area contributed by atoms with E-state index < -0.39 is 0 Å². The van der Waals surface area contributed by atoms with Crippen molar-refractivity contribution in [2.75, 3.05) is 18.5 Å². The number of thioether (sulfide) groups is 1. The Kier molecular flexibility index (Phi) is 2.88. The van der Waals surface area contributed by atoms with Gasteiger partial charge in [0, 0.05) is 16.7 Å². The van der Waals surface area contributed by atoms with E-state index in [9.17, 15) is 4.79 Å². The van der Waals surface area contributed by atoms with Crippen molar-refractivity contribution < 1.29 is 4.79 Å². The lowest BCUT2D eigenvalue weighted by molar-refractivity contribution is 0.0949. The molecule has 1 aromatic heterocycles. The SMILES string of the molecule is CSC1(CNC(=O)c2csc(N)n2)CC1. The Hall–Kier alpha value is -0.750. The minimum Gasteiger partial charge on any atom is -0.375 e. The van der Waals surface area contributed by atoms with Crippen LogP contribution < -0.4 is 11.1 Å². The number of nitrogen functional groups attached to an aromatic ring is 1. The molecule has 2 rings (SSSR count). The molecule has 1 aliphatic carbocycles. The molecule has 0 aromatic carbocycles. The van der Waals surface area contributed by atoms with Crippen LogP contribution in [0.5, 0.6) is 0 Å². The molecule has 1 amide bonds. The maximum Gasteiger partial charge on any atom is 0.270 e. The van der Waals surface area contributed by atoms with E-state index in [1.54, 1.807) is 5.38 Å². The van der Waals surface area contributed by atoms with Crippen LogP contribution >= 0.6 is 23.1 Å². The number of aromatic nitrogens is 1. The Morgan fingerprint density at radius 1 is 1.80 bits per heavy atom. The molecule has 0 bridgehead atoms. The van der Waals surface area contributed by atoms with E-state index in [4.69, 9.17) is 5.73 Å². The van der Waals surface area contributed by atoms with E-state index in [1.165, 1.54) is 24.2 Å². The molecule has 0 atom stereocenters. The molecule has 1 saturated carbocycles. The molecule has 0 aliphatic heterocycles. The van der Waals surface area contributed by atoms with Gasteiger partial charge in [-0.25, -0.2) is 4.98 Å². The molecule has 4 nitrogen and oxygen atoms in total. The Bertz CT molecular complexity index is 373. The standard InChI is InChI=1S/C9H13N3OS2/c1-14-9(2-3-9)5-11-7(13)6-4-15-8(10)12-6/h4H,2-3,5H2,1H3,(H2,10,12)(H,11,13). The average molecular weight is 243 g/mol. The molecular weight excluding hydrogens is 230 g/mol. The van der Waals surface area contributed by atoms with Crippen LogP contribution in [0, 0.1) is 0 Å². The van der Waals surface area contributed by atoms with Gasteiger partial charge in [-0.15, -0.1) is 11.3 Å². The van der Waals surface area contributed by atoms with E-state index in [0.29, 0.717) is 10.8 Å². The van der Waals surface area contributed by atoms with Crippen molar-refractivity contribution in [2.45, 2.75) is 17.6 Å². The summed E-state index contributed by atoms with van der Waals surface area (Å²) in [5.41, 5.74) is 5.89. The van der Waals surface area contributed by atoms with Gasteiger partial charge in [0.25, 0.3) is 5.91 Å². The fraction of sp³-hybridized carbons (Fsp3) is 0.556. The summed E-state index contributed by atoms with van der Waals surface area (Å²) in [5.74, 6) is -0.122. The molecule has 1 heterocycles. The van der Waals surface area contributed by atoms with Crippen molar-refractivity contribution in [3.8, 4) is 0 Å². The monoisotopic (exact) mass is 243 g/mol. The minimum atomic E-state index is -0.122. The molecular formula is C9H13N3OS2. The smallest absolute Gasteiger partial charge is 0.270 e. The van der Waals surface area contributed by atoms with Gasteiger partial charge in [-0.05, 0) is 19.1 Å². The summed E-state index contributed by atoms with van der Waals surface area (Å²) >= 11 is 3.11. The molecule has 0 radical (unpaired) electrons. The number of rotatable bonds is 4. The zero-order chi connectivity index (χ0) is 10.9. The van der Waals surface area contributed by atoms with E-state index in [1.807, 2.05) is 11.8 Å². The zero-order valence-corrected chi connectivity index (χ0v) is 10.1. The highest BCUT2D eigenvalue weighted by Crippen LogP contribution is 2.46. The maximum atomic E-state index is 11.6. The summed E-state index contributed by atoms with van der Waals surface area (Å²) in [7, 11) is 0. The van der Waals surface area contributed by atoms with Gasteiger partial charge in [0.05, 0.1) is 0 Å². The second kappa shape index (κ2) is 4.02. The Morgan fingerprint density at radius 3 is 3.00 bits per heavy atom. The van der Waals surface area contributed by atoms with Crippen molar-refractivity contribution in [3.05, 3.63) is 11.1 Å². The summed E-state index contributed by atoms with van der Waals surface area (Å²) in [4.78, 5) is 15.6. The highest BCUT2D eigenvalue weighted by molar-refractivity contribution is 8.00. The number of amides is 1. The van der Waals surface area contributed by atoms with E-state index in [-0.39, 0.29) is 10.7 Å². The number of thiazole rings is 1. The number of anilines is 1. The summed E-state index contributed by atoms with van der Waals surface area (Å²) < 4.78 is 0.289. The number of carbonyl (C=O) groups excluding carboxylic acids is 1. The van der Waals surface area contributed by atoms with Crippen LogP contribution in [-0.2, 0) is 0 Å². The zero-order valence-electron chi connectivity index (χ0n) is 8.45. The van der Waals surface area contributed by atoms with Crippen molar-refractivity contribution in [3.63, 3.8) is 0 Å². The Morgan fingerprint density at radius 2 is 2.53 bits per heavy atom. The summed E-state index contributed by atoms with van der Waals surface area (Å²) in [6.07, 6.45) is 4.46. The lowest BCUT2D eigenvalue weighted by Crippen LogP contribution is -2.31. The fourth-order valence-corrected chi connectivity index (χ4v) is 2.59. The third kappa shape index (κ3) is 2.43. The van der Waals surface area contributed by atoms with E-state index in [0.717, 1.165) is 6.54 Å². The van der Waals surface area contributed by atoms with E-state index in [2.05, 4.69) is 16.6 Å². The quantitative estimate of drug-likeness (QED) is 0.837. The first-order valence-electron chi connectivity index (χ1n) is 4.70. The predicted octanol–water partition coefficient (Wildman–Crippen LogP) is 1.35. The van der Waals surface area contributed by atoms with Crippen molar-refractivity contribution in [1.82, 2.24) is 10.3 Å². The summed E-state index contributed by atoms with van der Waals surface area (Å²) in [6, 6.07) is 0. The normalized spacial score (nSPS) is 17.4. The molecule has 0 unspecified atom stereocenters. The first-order valence-corrected chi connectivity index (χ1v) is 6.80. The first-order chi connectivity index (χ1) is 7.15. The van der Waals surface area contributed by atoms with Crippen LogP contribution in [0.25, 0.3) is 0 Å². The first kappa shape index (κ1) is 10.8. The summed E-state index contributed by atoms with van der Waals surface area (Å²) in [6.45, 7) is 0.727. The highest BCUT2D eigenvalue weighted by atomic mass is 32.2. The van der Waals surface area contributed by atoms with Gasteiger partial charge in [-0.1, -0.05) is 0 Å². The second-order valence-corrected chi connectivity index (χ2v) is 5.80. The third-order valence-electron chi connectivity index (χ3n) is 2.57. The van der Waals surface area contributed by atoms with Crippen molar-refractivity contribution in [2.24, 2.45) is 0 Å². The number of carbonyl (C=O) groups is 1. The number of nitrogens with two attached hydrogens (primary N) is 1. The molecule has 3 N–H and O–H groups in total. The van der Waals surface area contributed by atoms with Gasteiger partial charge in [-0.2, -0.15) is 11.8 Å². The molecule has 0 saturated heterocycles. The highest BCUT2D eigenvalue weighted by Gasteiger charge is 2.42. The Balaban J connectivity index is 1.88. The van der Waals surface area contributed by atoms with Gasteiger partial charge < -0.3 is 11.1 Å². The second-order valence-electron chi connectivity index (χ2n) is 3.64. The van der Waals surface area contributed by atoms with Crippen LogP contribution in [0.2, 0.25) is 0 Å². The molecule has 1 fully saturated rings. The van der Waals surface area contributed by atoms with Gasteiger partial charge in [0.15, 0.2) is 5.13 Å². The molecule has 1 aliphatic rings. The van der Waals surface area contributed by atoms with Gasteiger partial charge in [0.2, 0.25) is 0 Å². The van der Waals surface area contributed by atoms with E-state index >= 15 is 0 Å². The molecule has 6 heteroatoms. The summed E-state index contributed by atoms with van der Waals surface area (Å²) in [5, 5.41) is 5.01. The number of hydrogen-bond acceptors (Lipinski definition) is 5. The minimum absolute atomic E-state index is 0.122. The van der Waals surface area contributed by atoms with Crippen LogP contribution in [0.1, 0.15) is 23.3 Å². The maximum absolute atomic E-state index is 11.6. The third-order valence-corrected chi connectivity index (χ3v) is 4.66. The van der Waals surface area contributed by atoms with Gasteiger partial charge in [-0.3, -0.25) is 4.79 Å². The molecule has 0 spiro atoms. The number of hydrogen-bond donors (Lipinski definition) is 2. The topological polar surface area (TPSA) is 68.0 Å². The van der Waals surface area contributed by atoms with Crippen LogP contribution in [-0.4, -0.2) is 28.4 Å². The van der Waals surface area contributed by atoms with Gasteiger partial charge in [0.1, 0.15) is 5.69 Å².